The number of sulfonamides is 1. The molecule has 0 bridgehead atoms. The fourth-order valence-corrected chi connectivity index (χ4v) is 3.16. The van der Waals surface area contributed by atoms with Crippen LogP contribution < -0.4 is 10.0 Å². The van der Waals surface area contributed by atoms with Gasteiger partial charge in [-0.2, -0.15) is 0 Å². The third-order valence-corrected chi connectivity index (χ3v) is 4.44. The Morgan fingerprint density at radius 3 is 2.71 bits per heavy atom. The molecule has 0 amide bonds. The summed E-state index contributed by atoms with van der Waals surface area (Å²) in [5.74, 6) is 0.795. The molecule has 0 unspecified atom stereocenters. The molecule has 1 saturated heterocycles. The maximum Gasteiger partial charge on any atom is 0.211 e. The summed E-state index contributed by atoms with van der Waals surface area (Å²) in [4.78, 5) is 0. The van der Waals surface area contributed by atoms with Gasteiger partial charge >= 0.3 is 0 Å². The Kier molecular flexibility index (Phi) is 7.03. The highest BCUT2D eigenvalue weighted by Crippen LogP contribution is 2.16. The van der Waals surface area contributed by atoms with Gasteiger partial charge in [-0.05, 0) is 45.2 Å². The quantitative estimate of drug-likeness (QED) is 0.620. The van der Waals surface area contributed by atoms with Crippen molar-refractivity contribution in [3.8, 4) is 0 Å². The van der Waals surface area contributed by atoms with Gasteiger partial charge in [0.15, 0.2) is 0 Å². The van der Waals surface area contributed by atoms with Crippen LogP contribution in [-0.4, -0.2) is 47.0 Å². The summed E-state index contributed by atoms with van der Waals surface area (Å²) in [7, 11) is -3.11. The summed E-state index contributed by atoms with van der Waals surface area (Å²) in [6, 6.07) is 0. The first kappa shape index (κ1) is 14.9. The van der Waals surface area contributed by atoms with Crippen LogP contribution >= 0.6 is 0 Å². The van der Waals surface area contributed by atoms with Gasteiger partial charge in [0.25, 0.3) is 0 Å². The van der Waals surface area contributed by atoms with Crippen LogP contribution in [0.2, 0.25) is 0 Å². The maximum absolute atomic E-state index is 11.7. The van der Waals surface area contributed by atoms with Crippen LogP contribution in [0.5, 0.6) is 0 Å². The van der Waals surface area contributed by atoms with Gasteiger partial charge in [0, 0.05) is 13.2 Å². The van der Waals surface area contributed by atoms with Gasteiger partial charge in [-0.1, -0.05) is 0 Å². The van der Waals surface area contributed by atoms with Crippen LogP contribution in [0.25, 0.3) is 0 Å². The molecule has 0 saturated carbocycles. The smallest absolute Gasteiger partial charge is 0.211 e. The lowest BCUT2D eigenvalue weighted by Gasteiger charge is -2.22. The van der Waals surface area contributed by atoms with E-state index in [4.69, 9.17) is 4.74 Å². The first-order valence-corrected chi connectivity index (χ1v) is 8.05. The molecule has 0 aromatic rings. The molecule has 1 aliphatic heterocycles. The van der Waals surface area contributed by atoms with E-state index in [1.807, 2.05) is 6.92 Å². The van der Waals surface area contributed by atoms with E-state index in [0.29, 0.717) is 25.7 Å². The Labute approximate surface area is 104 Å². The zero-order chi connectivity index (χ0) is 12.6. The Hall–Kier alpha value is -0.170. The van der Waals surface area contributed by atoms with E-state index in [1.165, 1.54) is 0 Å². The van der Waals surface area contributed by atoms with E-state index in [-0.39, 0.29) is 5.75 Å². The standard InChI is InChI=1S/C11H24N2O3S/c1-2-16-9-8-13-17(14,15)10-5-11-3-6-12-7-4-11/h11-13H,2-10H2,1H3. The van der Waals surface area contributed by atoms with E-state index in [0.717, 1.165) is 32.4 Å². The highest BCUT2D eigenvalue weighted by atomic mass is 32.2. The average Bonchev–Trinajstić information content (AvgIpc) is 2.34. The van der Waals surface area contributed by atoms with Crippen LogP contribution in [-0.2, 0) is 14.8 Å². The number of ether oxygens (including phenoxy) is 1. The zero-order valence-electron chi connectivity index (χ0n) is 10.6. The van der Waals surface area contributed by atoms with Crippen LogP contribution in [0.3, 0.4) is 0 Å². The Morgan fingerprint density at radius 1 is 1.35 bits per heavy atom. The number of hydrogen-bond donors (Lipinski definition) is 2. The molecule has 0 atom stereocenters. The third-order valence-electron chi connectivity index (χ3n) is 3.03. The molecular weight excluding hydrogens is 240 g/mol. The summed E-state index contributed by atoms with van der Waals surface area (Å²) >= 11 is 0. The van der Waals surface area contributed by atoms with Crippen molar-refractivity contribution in [1.29, 1.82) is 0 Å². The van der Waals surface area contributed by atoms with E-state index < -0.39 is 10.0 Å². The fraction of sp³-hybridized carbons (Fsp3) is 1.00. The van der Waals surface area contributed by atoms with Gasteiger partial charge in [-0.3, -0.25) is 0 Å². The van der Waals surface area contributed by atoms with Crippen molar-refractivity contribution in [1.82, 2.24) is 10.0 Å². The van der Waals surface area contributed by atoms with Gasteiger partial charge in [0.1, 0.15) is 0 Å². The normalized spacial score (nSPS) is 18.4. The minimum absolute atomic E-state index is 0.240. The van der Waals surface area contributed by atoms with Gasteiger partial charge in [-0.25, -0.2) is 13.1 Å². The second-order valence-corrected chi connectivity index (χ2v) is 6.32. The minimum Gasteiger partial charge on any atom is -0.380 e. The van der Waals surface area contributed by atoms with Gasteiger partial charge in [-0.15, -0.1) is 0 Å². The van der Waals surface area contributed by atoms with Gasteiger partial charge < -0.3 is 10.1 Å². The molecule has 1 fully saturated rings. The Bertz CT molecular complexity index is 287. The SMILES string of the molecule is CCOCCNS(=O)(=O)CCC1CCNCC1. The first-order valence-electron chi connectivity index (χ1n) is 6.40. The molecule has 1 heterocycles. The Morgan fingerprint density at radius 2 is 2.06 bits per heavy atom. The summed E-state index contributed by atoms with van der Waals surface area (Å²) in [5.41, 5.74) is 0. The molecule has 102 valence electrons. The monoisotopic (exact) mass is 264 g/mol. The molecule has 0 radical (unpaired) electrons. The zero-order valence-corrected chi connectivity index (χ0v) is 11.4. The molecule has 1 aliphatic rings. The van der Waals surface area contributed by atoms with Crippen molar-refractivity contribution in [3.63, 3.8) is 0 Å². The number of piperidine rings is 1. The lowest BCUT2D eigenvalue weighted by Crippen LogP contribution is -2.32. The molecule has 17 heavy (non-hydrogen) atoms. The van der Waals surface area contributed by atoms with Crippen molar-refractivity contribution in [2.75, 3.05) is 38.6 Å². The van der Waals surface area contributed by atoms with E-state index >= 15 is 0 Å². The van der Waals surface area contributed by atoms with Crippen LogP contribution in [0.4, 0.5) is 0 Å². The first-order chi connectivity index (χ1) is 8.14. The summed E-state index contributed by atoms with van der Waals surface area (Å²) in [6.07, 6.45) is 2.95. The molecule has 6 heteroatoms. The van der Waals surface area contributed by atoms with Crippen LogP contribution in [0.15, 0.2) is 0 Å². The molecular formula is C11H24N2O3S. The second-order valence-electron chi connectivity index (χ2n) is 4.39. The Balaban J connectivity index is 2.14. The molecule has 0 aliphatic carbocycles. The van der Waals surface area contributed by atoms with Crippen molar-refractivity contribution in [3.05, 3.63) is 0 Å². The topological polar surface area (TPSA) is 67.4 Å². The van der Waals surface area contributed by atoms with Crippen LogP contribution in [0.1, 0.15) is 26.2 Å². The molecule has 0 aromatic heterocycles. The van der Waals surface area contributed by atoms with E-state index in [2.05, 4.69) is 10.0 Å². The van der Waals surface area contributed by atoms with Gasteiger partial charge in [0.05, 0.1) is 12.4 Å². The molecule has 2 N–H and O–H groups in total. The molecule has 0 spiro atoms. The van der Waals surface area contributed by atoms with E-state index in [1.54, 1.807) is 0 Å². The summed E-state index contributed by atoms with van der Waals surface area (Å²) in [6.45, 7) is 5.37. The van der Waals surface area contributed by atoms with E-state index in [9.17, 15) is 8.42 Å². The molecule has 5 nitrogen and oxygen atoms in total. The molecule has 0 aromatic carbocycles. The fourth-order valence-electron chi connectivity index (χ4n) is 1.98. The predicted molar refractivity (Wildman–Crippen MR) is 68.5 cm³/mol. The van der Waals surface area contributed by atoms with Gasteiger partial charge in [0.2, 0.25) is 10.0 Å². The summed E-state index contributed by atoms with van der Waals surface area (Å²) in [5, 5.41) is 3.28. The number of hydrogen-bond acceptors (Lipinski definition) is 4. The lowest BCUT2D eigenvalue weighted by atomic mass is 9.96. The third kappa shape index (κ3) is 6.98. The molecule has 1 rings (SSSR count). The van der Waals surface area contributed by atoms with Crippen molar-refractivity contribution < 1.29 is 13.2 Å². The number of nitrogens with one attached hydrogen (secondary N) is 2. The summed E-state index contributed by atoms with van der Waals surface area (Å²) < 4.78 is 31.0. The van der Waals surface area contributed by atoms with Crippen molar-refractivity contribution >= 4 is 10.0 Å². The van der Waals surface area contributed by atoms with Crippen molar-refractivity contribution in [2.45, 2.75) is 26.2 Å². The highest BCUT2D eigenvalue weighted by Gasteiger charge is 2.17. The largest absolute Gasteiger partial charge is 0.380 e. The maximum atomic E-state index is 11.7. The van der Waals surface area contributed by atoms with Crippen LogP contribution in [0, 0.1) is 5.92 Å². The second kappa shape index (κ2) is 8.02. The minimum atomic E-state index is -3.11. The lowest BCUT2D eigenvalue weighted by molar-refractivity contribution is 0.153. The number of rotatable bonds is 8. The van der Waals surface area contributed by atoms with Crippen molar-refractivity contribution in [2.24, 2.45) is 5.92 Å². The predicted octanol–water partition coefficient (Wildman–Crippen LogP) is 0.332. The highest BCUT2D eigenvalue weighted by molar-refractivity contribution is 7.89. The average molecular weight is 264 g/mol.